The summed E-state index contributed by atoms with van der Waals surface area (Å²) in [4.78, 5) is 31.2. The highest BCUT2D eigenvalue weighted by atomic mass is 32.2. The van der Waals surface area contributed by atoms with Gasteiger partial charge in [-0.25, -0.2) is 4.98 Å². The number of aromatic nitrogens is 1. The molecule has 2 bridgehead atoms. The number of nitrogens with one attached hydrogen (secondary N) is 2. The molecular weight excluding hydrogens is 368 g/mol. The molecular formula is C18H20N4O2S2. The number of carbonyl (C=O) groups is 2. The van der Waals surface area contributed by atoms with E-state index in [2.05, 4.69) is 15.6 Å². The molecule has 0 spiro atoms. The normalized spacial score (nSPS) is 28.1. The Labute approximate surface area is 159 Å². The Morgan fingerprint density at radius 2 is 2.31 bits per heavy atom. The van der Waals surface area contributed by atoms with Gasteiger partial charge in [0.15, 0.2) is 0 Å². The lowest BCUT2D eigenvalue weighted by Crippen LogP contribution is -2.43. The molecule has 3 saturated heterocycles. The summed E-state index contributed by atoms with van der Waals surface area (Å²) in [6.07, 6.45) is 5.09. The van der Waals surface area contributed by atoms with Gasteiger partial charge in [-0.15, -0.1) is 11.3 Å². The zero-order chi connectivity index (χ0) is 17.7. The van der Waals surface area contributed by atoms with E-state index in [0.29, 0.717) is 23.5 Å². The molecule has 0 saturated carbocycles. The molecule has 2 aromatic rings. The van der Waals surface area contributed by atoms with Gasteiger partial charge in [-0.05, 0) is 25.3 Å². The topological polar surface area (TPSA) is 74.3 Å². The summed E-state index contributed by atoms with van der Waals surface area (Å²) < 4.78 is 1.00. The smallest absolute Gasteiger partial charge is 0.270 e. The molecule has 5 rings (SSSR count). The number of hydrogen-bond donors (Lipinski definition) is 2. The molecule has 0 aromatic carbocycles. The molecule has 3 aliphatic heterocycles. The maximum atomic E-state index is 12.7. The van der Waals surface area contributed by atoms with Crippen LogP contribution in [0.2, 0.25) is 0 Å². The zero-order valence-corrected chi connectivity index (χ0v) is 15.9. The Balaban J connectivity index is 1.41. The third-order valence-corrected chi connectivity index (χ3v) is 7.41. The van der Waals surface area contributed by atoms with Crippen LogP contribution in [0.1, 0.15) is 29.8 Å². The lowest BCUT2D eigenvalue weighted by Gasteiger charge is -2.26. The average Bonchev–Trinajstić information content (AvgIpc) is 3.37. The zero-order valence-electron chi connectivity index (χ0n) is 14.2. The molecule has 2 amide bonds. The van der Waals surface area contributed by atoms with Crippen LogP contribution in [0.15, 0.2) is 17.6 Å². The first-order valence-electron chi connectivity index (χ1n) is 9.01. The number of anilines is 1. The van der Waals surface area contributed by atoms with Gasteiger partial charge in [-0.3, -0.25) is 9.59 Å². The van der Waals surface area contributed by atoms with E-state index in [4.69, 9.17) is 0 Å². The van der Waals surface area contributed by atoms with Crippen molar-refractivity contribution in [1.29, 1.82) is 0 Å². The Kier molecular flexibility index (Phi) is 4.14. The van der Waals surface area contributed by atoms with Crippen molar-refractivity contribution >= 4 is 50.7 Å². The fraction of sp³-hybridized carbons (Fsp3) is 0.500. The number of rotatable bonds is 3. The van der Waals surface area contributed by atoms with Crippen LogP contribution in [0.5, 0.6) is 0 Å². The summed E-state index contributed by atoms with van der Waals surface area (Å²) in [6, 6.07) is 2.98. The van der Waals surface area contributed by atoms with Crippen LogP contribution in [-0.4, -0.2) is 53.0 Å². The summed E-state index contributed by atoms with van der Waals surface area (Å²) in [5.74, 6) is 1.48. The molecule has 3 fully saturated rings. The predicted octanol–water partition coefficient (Wildman–Crippen LogP) is 2.00. The molecule has 136 valence electrons. The number of nitrogens with zero attached hydrogens (tertiary/aromatic N) is 2. The minimum atomic E-state index is -0.121. The lowest BCUT2D eigenvalue weighted by molar-refractivity contribution is -0.116. The molecule has 5 heterocycles. The van der Waals surface area contributed by atoms with E-state index in [1.807, 2.05) is 16.3 Å². The molecule has 0 radical (unpaired) electrons. The van der Waals surface area contributed by atoms with Gasteiger partial charge in [0.25, 0.3) is 5.91 Å². The fourth-order valence-corrected chi connectivity index (χ4v) is 5.93. The van der Waals surface area contributed by atoms with Crippen LogP contribution in [0.25, 0.3) is 10.1 Å². The maximum absolute atomic E-state index is 12.7. The second kappa shape index (κ2) is 6.51. The standard InChI is InChI=1S/C18H20N4O2S2/c23-17-9-25-4-3-22(17)15-8-26-16-7-19-14(6-11(15)16)18(24)21-13-5-10-1-2-12(13)20-10/h6-8,10,12-13,20H,1-5,9H2,(H,21,24)/t10-,12+,13-/m1/s1. The second-order valence-electron chi connectivity index (χ2n) is 7.15. The van der Waals surface area contributed by atoms with E-state index in [-0.39, 0.29) is 17.9 Å². The highest BCUT2D eigenvalue weighted by Gasteiger charge is 2.39. The summed E-state index contributed by atoms with van der Waals surface area (Å²) in [7, 11) is 0. The van der Waals surface area contributed by atoms with Gasteiger partial charge in [0.1, 0.15) is 5.69 Å². The van der Waals surface area contributed by atoms with Crippen molar-refractivity contribution in [3.8, 4) is 0 Å². The first-order valence-corrected chi connectivity index (χ1v) is 11.0. The SMILES string of the molecule is O=C(N[C@@H]1C[C@H]2CC[C@@H]1N2)c1cc2c(N3CCSCC3=O)csc2cn1. The highest BCUT2D eigenvalue weighted by molar-refractivity contribution is 8.00. The second-order valence-corrected chi connectivity index (χ2v) is 9.16. The van der Waals surface area contributed by atoms with Crippen LogP contribution in [0, 0.1) is 0 Å². The quantitative estimate of drug-likeness (QED) is 0.841. The number of amides is 2. The summed E-state index contributed by atoms with van der Waals surface area (Å²) in [5.41, 5.74) is 1.34. The average molecular weight is 389 g/mol. The van der Waals surface area contributed by atoms with Gasteiger partial charge in [-0.2, -0.15) is 11.8 Å². The fourth-order valence-electron chi connectivity index (χ4n) is 4.25. The third kappa shape index (κ3) is 2.80. The Bertz CT molecular complexity index is 883. The molecule has 6 nitrogen and oxygen atoms in total. The molecule has 2 aromatic heterocycles. The van der Waals surface area contributed by atoms with E-state index < -0.39 is 0 Å². The minimum Gasteiger partial charge on any atom is -0.346 e. The molecule has 3 atom stereocenters. The predicted molar refractivity (Wildman–Crippen MR) is 105 cm³/mol. The number of pyridine rings is 1. The van der Waals surface area contributed by atoms with Crippen molar-refractivity contribution < 1.29 is 9.59 Å². The van der Waals surface area contributed by atoms with E-state index in [9.17, 15) is 9.59 Å². The molecule has 2 N–H and O–H groups in total. The molecule has 3 aliphatic rings. The first kappa shape index (κ1) is 16.5. The van der Waals surface area contributed by atoms with Crippen LogP contribution in [0.4, 0.5) is 5.69 Å². The van der Waals surface area contributed by atoms with Crippen LogP contribution in [0.3, 0.4) is 0 Å². The number of hydrogen-bond acceptors (Lipinski definition) is 6. The maximum Gasteiger partial charge on any atom is 0.270 e. The molecule has 8 heteroatoms. The number of fused-ring (bicyclic) bond motifs is 3. The summed E-state index contributed by atoms with van der Waals surface area (Å²) in [5, 5.41) is 9.63. The van der Waals surface area contributed by atoms with Crippen LogP contribution in [-0.2, 0) is 4.79 Å². The van der Waals surface area contributed by atoms with Gasteiger partial charge in [0, 0.05) is 47.4 Å². The molecule has 0 unspecified atom stereocenters. The van der Waals surface area contributed by atoms with Gasteiger partial charge < -0.3 is 15.5 Å². The van der Waals surface area contributed by atoms with Crippen molar-refractivity contribution in [3.63, 3.8) is 0 Å². The number of thioether (sulfide) groups is 1. The van der Waals surface area contributed by atoms with Crippen LogP contribution < -0.4 is 15.5 Å². The Hall–Kier alpha value is -1.64. The van der Waals surface area contributed by atoms with Crippen molar-refractivity contribution in [2.75, 3.05) is 23.0 Å². The third-order valence-electron chi connectivity index (χ3n) is 5.57. The lowest BCUT2D eigenvalue weighted by atomic mass is 9.95. The first-order chi connectivity index (χ1) is 12.7. The van der Waals surface area contributed by atoms with Gasteiger partial charge in [-0.1, -0.05) is 0 Å². The number of carbonyl (C=O) groups excluding carboxylic acids is 2. The van der Waals surface area contributed by atoms with E-state index in [1.54, 1.807) is 29.3 Å². The largest absolute Gasteiger partial charge is 0.346 e. The molecule has 26 heavy (non-hydrogen) atoms. The molecule has 0 aliphatic carbocycles. The highest BCUT2D eigenvalue weighted by Crippen LogP contribution is 2.35. The van der Waals surface area contributed by atoms with Gasteiger partial charge >= 0.3 is 0 Å². The van der Waals surface area contributed by atoms with E-state index in [0.717, 1.165) is 40.9 Å². The Morgan fingerprint density at radius 3 is 3.08 bits per heavy atom. The van der Waals surface area contributed by atoms with E-state index in [1.165, 1.54) is 6.42 Å². The minimum absolute atomic E-state index is 0.121. The summed E-state index contributed by atoms with van der Waals surface area (Å²) >= 11 is 3.24. The van der Waals surface area contributed by atoms with Crippen molar-refractivity contribution in [1.82, 2.24) is 15.6 Å². The van der Waals surface area contributed by atoms with E-state index >= 15 is 0 Å². The van der Waals surface area contributed by atoms with Crippen molar-refractivity contribution in [2.45, 2.75) is 37.4 Å². The number of thiophene rings is 1. The van der Waals surface area contributed by atoms with Crippen molar-refractivity contribution in [2.24, 2.45) is 0 Å². The van der Waals surface area contributed by atoms with Gasteiger partial charge in [0.2, 0.25) is 5.91 Å². The Morgan fingerprint density at radius 1 is 1.38 bits per heavy atom. The van der Waals surface area contributed by atoms with Crippen molar-refractivity contribution in [3.05, 3.63) is 23.3 Å². The monoisotopic (exact) mass is 388 g/mol. The van der Waals surface area contributed by atoms with Gasteiger partial charge in [0.05, 0.1) is 16.1 Å². The van der Waals surface area contributed by atoms with Crippen LogP contribution >= 0.6 is 23.1 Å². The summed E-state index contributed by atoms with van der Waals surface area (Å²) in [6.45, 7) is 0.718.